The van der Waals surface area contributed by atoms with Gasteiger partial charge in [0.05, 0.1) is 0 Å². The van der Waals surface area contributed by atoms with Gasteiger partial charge in [-0.2, -0.15) is 11.8 Å². The van der Waals surface area contributed by atoms with E-state index in [1.54, 1.807) is 6.33 Å². The van der Waals surface area contributed by atoms with E-state index < -0.39 is 0 Å². The average Bonchev–Trinajstić information content (AvgIpc) is 2.58. The lowest BCUT2D eigenvalue weighted by atomic mass is 9.84. The molecule has 0 spiro atoms. The highest BCUT2D eigenvalue weighted by molar-refractivity contribution is 8.00. The molecule has 1 aliphatic carbocycles. The number of rotatable bonds is 4. The van der Waals surface area contributed by atoms with Crippen LogP contribution in [0.2, 0.25) is 0 Å². The van der Waals surface area contributed by atoms with E-state index in [-0.39, 0.29) is 6.61 Å². The molecule has 0 amide bonds. The lowest BCUT2D eigenvalue weighted by Crippen LogP contribution is -2.38. The summed E-state index contributed by atoms with van der Waals surface area (Å²) in [4.78, 5) is 0. The van der Waals surface area contributed by atoms with E-state index >= 15 is 0 Å². The highest BCUT2D eigenvalue weighted by Crippen LogP contribution is 2.44. The second kappa shape index (κ2) is 3.90. The molecule has 1 N–H and O–H groups in total. The first-order valence-electron chi connectivity index (χ1n) is 4.82. The zero-order valence-corrected chi connectivity index (χ0v) is 9.13. The van der Waals surface area contributed by atoms with Gasteiger partial charge in [-0.3, -0.25) is 0 Å². The van der Waals surface area contributed by atoms with Crippen molar-refractivity contribution in [2.75, 3.05) is 6.26 Å². The maximum Gasteiger partial charge on any atom is 0.158 e. The van der Waals surface area contributed by atoms with Crippen molar-refractivity contribution in [2.24, 2.45) is 0 Å². The SMILES string of the molecule is CSC1(Cn2cnnc2CO)CCC1. The molecule has 0 radical (unpaired) electrons. The Hall–Kier alpha value is -0.550. The fraction of sp³-hybridized carbons (Fsp3) is 0.778. The number of aliphatic hydroxyl groups is 1. The predicted octanol–water partition coefficient (Wildman–Crippen LogP) is 1.06. The third-order valence-electron chi connectivity index (χ3n) is 2.99. The van der Waals surface area contributed by atoms with E-state index in [1.807, 2.05) is 16.3 Å². The van der Waals surface area contributed by atoms with Crippen LogP contribution in [0.1, 0.15) is 25.1 Å². The van der Waals surface area contributed by atoms with Gasteiger partial charge in [0.2, 0.25) is 0 Å². The second-order valence-electron chi connectivity index (χ2n) is 3.77. The highest BCUT2D eigenvalue weighted by Gasteiger charge is 2.36. The van der Waals surface area contributed by atoms with Crippen molar-refractivity contribution in [3.63, 3.8) is 0 Å². The highest BCUT2D eigenvalue weighted by atomic mass is 32.2. The molecule has 1 aromatic rings. The van der Waals surface area contributed by atoms with Crippen LogP contribution < -0.4 is 0 Å². The van der Waals surface area contributed by atoms with Crippen LogP contribution >= 0.6 is 11.8 Å². The van der Waals surface area contributed by atoms with Gasteiger partial charge >= 0.3 is 0 Å². The molecule has 1 heterocycles. The summed E-state index contributed by atoms with van der Waals surface area (Å²) in [6.07, 6.45) is 7.70. The van der Waals surface area contributed by atoms with Gasteiger partial charge in [-0.05, 0) is 19.1 Å². The minimum absolute atomic E-state index is 0.0234. The van der Waals surface area contributed by atoms with Gasteiger partial charge in [-0.25, -0.2) is 0 Å². The molecule has 0 aromatic carbocycles. The topological polar surface area (TPSA) is 50.9 Å². The van der Waals surface area contributed by atoms with E-state index in [4.69, 9.17) is 5.11 Å². The Morgan fingerprint density at radius 2 is 2.43 bits per heavy atom. The van der Waals surface area contributed by atoms with Crippen molar-refractivity contribution in [2.45, 2.75) is 37.2 Å². The molecule has 0 unspecified atom stereocenters. The molecule has 14 heavy (non-hydrogen) atoms. The number of aliphatic hydroxyl groups excluding tert-OH is 1. The fourth-order valence-electron chi connectivity index (χ4n) is 1.84. The molecule has 1 saturated carbocycles. The Morgan fingerprint density at radius 3 is 2.93 bits per heavy atom. The molecular formula is C9H15N3OS. The van der Waals surface area contributed by atoms with Crippen LogP contribution in [0.5, 0.6) is 0 Å². The maximum atomic E-state index is 9.04. The largest absolute Gasteiger partial charge is 0.388 e. The molecule has 0 atom stereocenters. The summed E-state index contributed by atoms with van der Waals surface area (Å²) in [5.74, 6) is 0.672. The molecule has 1 aliphatic rings. The Labute approximate surface area is 87.7 Å². The van der Waals surface area contributed by atoms with E-state index in [0.717, 1.165) is 6.54 Å². The molecule has 0 aliphatic heterocycles. The van der Waals surface area contributed by atoms with Gasteiger partial charge in [-0.1, -0.05) is 6.42 Å². The Morgan fingerprint density at radius 1 is 1.64 bits per heavy atom. The molecule has 5 heteroatoms. The monoisotopic (exact) mass is 213 g/mol. The first-order valence-corrected chi connectivity index (χ1v) is 6.05. The third kappa shape index (κ3) is 1.66. The van der Waals surface area contributed by atoms with E-state index in [2.05, 4.69) is 16.5 Å². The molecule has 2 rings (SSSR count). The smallest absolute Gasteiger partial charge is 0.158 e. The molecule has 1 aromatic heterocycles. The lowest BCUT2D eigenvalue weighted by Gasteiger charge is -2.40. The zero-order valence-electron chi connectivity index (χ0n) is 8.31. The molecule has 0 saturated heterocycles. The number of thioether (sulfide) groups is 1. The van der Waals surface area contributed by atoms with E-state index in [0.29, 0.717) is 10.6 Å². The lowest BCUT2D eigenvalue weighted by molar-refractivity contribution is 0.254. The average molecular weight is 213 g/mol. The summed E-state index contributed by atoms with van der Waals surface area (Å²) in [5, 5.41) is 16.7. The quantitative estimate of drug-likeness (QED) is 0.812. The van der Waals surface area contributed by atoms with Crippen LogP contribution in [0.15, 0.2) is 6.33 Å². The molecular weight excluding hydrogens is 198 g/mol. The Bertz CT molecular complexity index is 303. The number of hydrogen-bond donors (Lipinski definition) is 1. The van der Waals surface area contributed by atoms with Gasteiger partial charge < -0.3 is 9.67 Å². The first-order chi connectivity index (χ1) is 6.79. The summed E-state index contributed by atoms with van der Waals surface area (Å²) >= 11 is 1.92. The van der Waals surface area contributed by atoms with Crippen LogP contribution in [-0.4, -0.2) is 30.9 Å². The minimum atomic E-state index is -0.0234. The third-order valence-corrected chi connectivity index (χ3v) is 4.40. The summed E-state index contributed by atoms with van der Waals surface area (Å²) < 4.78 is 2.34. The van der Waals surface area contributed by atoms with Crippen LogP contribution in [0, 0.1) is 0 Å². The normalized spacial score (nSPS) is 19.3. The fourth-order valence-corrected chi connectivity index (χ4v) is 2.81. The molecule has 78 valence electrons. The number of nitrogens with zero attached hydrogens (tertiary/aromatic N) is 3. The van der Waals surface area contributed by atoms with Crippen LogP contribution in [-0.2, 0) is 13.2 Å². The number of hydrogen-bond acceptors (Lipinski definition) is 4. The zero-order chi connectivity index (χ0) is 10.0. The number of aromatic nitrogens is 3. The van der Waals surface area contributed by atoms with Crippen LogP contribution in [0.4, 0.5) is 0 Å². The van der Waals surface area contributed by atoms with Gasteiger partial charge in [0.1, 0.15) is 12.9 Å². The Kier molecular flexibility index (Phi) is 2.78. The first kappa shape index (κ1) is 9.98. The molecule has 4 nitrogen and oxygen atoms in total. The van der Waals surface area contributed by atoms with Crippen molar-refractivity contribution >= 4 is 11.8 Å². The maximum absolute atomic E-state index is 9.04. The second-order valence-corrected chi connectivity index (χ2v) is 5.05. The van der Waals surface area contributed by atoms with Crippen molar-refractivity contribution in [1.82, 2.24) is 14.8 Å². The van der Waals surface area contributed by atoms with Gasteiger partial charge in [0, 0.05) is 11.3 Å². The van der Waals surface area contributed by atoms with Crippen molar-refractivity contribution < 1.29 is 5.11 Å². The van der Waals surface area contributed by atoms with Gasteiger partial charge in [0.15, 0.2) is 5.82 Å². The van der Waals surface area contributed by atoms with Gasteiger partial charge in [-0.15, -0.1) is 10.2 Å². The van der Waals surface area contributed by atoms with Crippen molar-refractivity contribution in [3.8, 4) is 0 Å². The van der Waals surface area contributed by atoms with Crippen molar-refractivity contribution in [1.29, 1.82) is 0 Å². The van der Waals surface area contributed by atoms with Crippen LogP contribution in [0.3, 0.4) is 0 Å². The van der Waals surface area contributed by atoms with E-state index in [9.17, 15) is 0 Å². The summed E-state index contributed by atoms with van der Waals surface area (Å²) in [6.45, 7) is 0.904. The molecule has 1 fully saturated rings. The van der Waals surface area contributed by atoms with Gasteiger partial charge in [0.25, 0.3) is 0 Å². The standard InChI is InChI=1S/C9H15N3OS/c1-14-9(3-2-4-9)6-12-7-10-11-8(12)5-13/h7,13H,2-6H2,1H3. The van der Waals surface area contributed by atoms with Crippen LogP contribution in [0.25, 0.3) is 0 Å². The van der Waals surface area contributed by atoms with E-state index in [1.165, 1.54) is 19.3 Å². The predicted molar refractivity (Wildman–Crippen MR) is 56.0 cm³/mol. The Balaban J connectivity index is 2.09. The minimum Gasteiger partial charge on any atom is -0.388 e. The summed E-state index contributed by atoms with van der Waals surface area (Å²) in [6, 6.07) is 0. The summed E-state index contributed by atoms with van der Waals surface area (Å²) in [5.41, 5.74) is 0. The van der Waals surface area contributed by atoms with Crippen molar-refractivity contribution in [3.05, 3.63) is 12.2 Å². The molecule has 0 bridgehead atoms. The summed E-state index contributed by atoms with van der Waals surface area (Å²) in [7, 11) is 0.